The highest BCUT2D eigenvalue weighted by Crippen LogP contribution is 2.25. The number of carbonyl (C=O) groups is 1. The van der Waals surface area contributed by atoms with Crippen LogP contribution >= 0.6 is 35.0 Å². The molecule has 1 amide bonds. The molecule has 0 spiro atoms. The van der Waals surface area contributed by atoms with E-state index in [9.17, 15) is 13.2 Å². The van der Waals surface area contributed by atoms with E-state index in [2.05, 4.69) is 0 Å². The quantitative estimate of drug-likeness (QED) is 0.671. The van der Waals surface area contributed by atoms with Gasteiger partial charge in [0.15, 0.2) is 0 Å². The van der Waals surface area contributed by atoms with Gasteiger partial charge in [-0.15, -0.1) is 11.8 Å². The van der Waals surface area contributed by atoms with Crippen LogP contribution in [0.1, 0.15) is 10.4 Å². The Hall–Kier alpha value is -1.25. The van der Waals surface area contributed by atoms with Gasteiger partial charge in [0.25, 0.3) is 5.91 Å². The Labute approximate surface area is 173 Å². The van der Waals surface area contributed by atoms with Crippen molar-refractivity contribution in [2.45, 2.75) is 9.79 Å². The Morgan fingerprint density at radius 3 is 2.22 bits per heavy atom. The van der Waals surface area contributed by atoms with E-state index in [0.717, 1.165) is 4.90 Å². The van der Waals surface area contributed by atoms with Crippen molar-refractivity contribution in [2.75, 3.05) is 32.4 Å². The monoisotopic (exact) mass is 444 g/mol. The van der Waals surface area contributed by atoms with Crippen LogP contribution in [0, 0.1) is 0 Å². The maximum absolute atomic E-state index is 12.8. The molecule has 1 saturated heterocycles. The highest BCUT2D eigenvalue weighted by molar-refractivity contribution is 7.98. The van der Waals surface area contributed by atoms with Crippen LogP contribution in [0.3, 0.4) is 0 Å². The van der Waals surface area contributed by atoms with Gasteiger partial charge >= 0.3 is 0 Å². The van der Waals surface area contributed by atoms with E-state index in [4.69, 9.17) is 23.2 Å². The smallest absolute Gasteiger partial charge is 0.255 e. The second-order valence-electron chi connectivity index (χ2n) is 6.00. The average Bonchev–Trinajstić information content (AvgIpc) is 2.68. The van der Waals surface area contributed by atoms with E-state index < -0.39 is 10.0 Å². The number of rotatable bonds is 4. The molecule has 0 atom stereocenters. The zero-order valence-corrected chi connectivity index (χ0v) is 17.7. The van der Waals surface area contributed by atoms with Gasteiger partial charge in [-0.1, -0.05) is 23.2 Å². The fraction of sp³-hybridized carbons (Fsp3) is 0.278. The lowest BCUT2D eigenvalue weighted by atomic mass is 10.2. The number of halogens is 2. The number of hydrogen-bond acceptors (Lipinski definition) is 4. The molecule has 0 unspecified atom stereocenters. The van der Waals surface area contributed by atoms with Crippen molar-refractivity contribution >= 4 is 50.9 Å². The molecule has 0 saturated carbocycles. The minimum atomic E-state index is -3.60. The fourth-order valence-corrected chi connectivity index (χ4v) is 5.04. The van der Waals surface area contributed by atoms with E-state index in [-0.39, 0.29) is 23.9 Å². The maximum Gasteiger partial charge on any atom is 0.255 e. The average molecular weight is 445 g/mol. The van der Waals surface area contributed by atoms with Gasteiger partial charge in [0.05, 0.1) is 15.5 Å². The standard InChI is InChI=1S/C18H18Cl2N2O3S2/c1-26-14-4-7-17(20)16(12-14)18(23)21-8-10-22(11-9-21)27(24,25)15-5-2-13(19)3-6-15/h2-7,12H,8-11H2,1H3. The third kappa shape index (κ3) is 4.43. The number of piperazine rings is 1. The Kier molecular flexibility index (Phi) is 6.38. The van der Waals surface area contributed by atoms with Gasteiger partial charge in [0.1, 0.15) is 0 Å². The van der Waals surface area contributed by atoms with Gasteiger partial charge in [0.2, 0.25) is 10.0 Å². The summed E-state index contributed by atoms with van der Waals surface area (Å²) in [5, 5.41) is 0.878. The molecule has 1 aliphatic heterocycles. The van der Waals surface area contributed by atoms with Gasteiger partial charge in [-0.3, -0.25) is 4.79 Å². The molecule has 0 aliphatic carbocycles. The first-order valence-corrected chi connectivity index (χ1v) is 11.6. The van der Waals surface area contributed by atoms with Crippen molar-refractivity contribution in [2.24, 2.45) is 0 Å². The third-order valence-corrected chi connectivity index (χ3v) is 7.60. The molecule has 144 valence electrons. The molecule has 2 aromatic carbocycles. The lowest BCUT2D eigenvalue weighted by Crippen LogP contribution is -2.50. The van der Waals surface area contributed by atoms with Crippen molar-refractivity contribution in [1.29, 1.82) is 0 Å². The van der Waals surface area contributed by atoms with E-state index in [1.807, 2.05) is 12.3 Å². The van der Waals surface area contributed by atoms with Gasteiger partial charge in [-0.25, -0.2) is 8.42 Å². The number of benzene rings is 2. The minimum absolute atomic E-state index is 0.181. The molecule has 0 radical (unpaired) electrons. The molecule has 3 rings (SSSR count). The van der Waals surface area contributed by atoms with Crippen LogP contribution in [0.2, 0.25) is 10.0 Å². The van der Waals surface area contributed by atoms with E-state index >= 15 is 0 Å². The SMILES string of the molecule is CSc1ccc(Cl)c(C(=O)N2CCN(S(=O)(=O)c3ccc(Cl)cc3)CC2)c1. The number of nitrogens with zero attached hydrogens (tertiary/aromatic N) is 2. The number of amides is 1. The lowest BCUT2D eigenvalue weighted by Gasteiger charge is -2.34. The van der Waals surface area contributed by atoms with Crippen molar-refractivity contribution in [1.82, 2.24) is 9.21 Å². The van der Waals surface area contributed by atoms with Crippen LogP contribution < -0.4 is 0 Å². The number of hydrogen-bond donors (Lipinski definition) is 0. The molecule has 0 bridgehead atoms. The first kappa shape index (κ1) is 20.5. The maximum atomic E-state index is 12.8. The molecule has 0 aromatic heterocycles. The fourth-order valence-electron chi connectivity index (χ4n) is 2.85. The largest absolute Gasteiger partial charge is 0.336 e. The Morgan fingerprint density at radius 1 is 1.00 bits per heavy atom. The summed E-state index contributed by atoms with van der Waals surface area (Å²) in [6.45, 7) is 1.09. The Bertz CT molecular complexity index is 942. The molecule has 2 aromatic rings. The van der Waals surface area contributed by atoms with Crippen molar-refractivity contribution in [3.63, 3.8) is 0 Å². The third-order valence-electron chi connectivity index (χ3n) is 4.38. The van der Waals surface area contributed by atoms with Gasteiger partial charge in [-0.2, -0.15) is 4.31 Å². The molecular weight excluding hydrogens is 427 g/mol. The van der Waals surface area contributed by atoms with Crippen LogP contribution in [0.25, 0.3) is 0 Å². The van der Waals surface area contributed by atoms with Crippen molar-refractivity contribution in [3.05, 3.63) is 58.1 Å². The van der Waals surface area contributed by atoms with Crippen molar-refractivity contribution < 1.29 is 13.2 Å². The van der Waals surface area contributed by atoms with Crippen LogP contribution in [-0.4, -0.2) is 56.0 Å². The number of carbonyl (C=O) groups excluding carboxylic acids is 1. The van der Waals surface area contributed by atoms with E-state index in [1.54, 1.807) is 29.2 Å². The summed E-state index contributed by atoms with van der Waals surface area (Å²) in [7, 11) is -3.60. The number of sulfonamides is 1. The van der Waals surface area contributed by atoms with E-state index in [1.165, 1.54) is 28.2 Å². The molecular formula is C18H18Cl2N2O3S2. The summed E-state index contributed by atoms with van der Waals surface area (Å²) in [6.07, 6.45) is 1.93. The van der Waals surface area contributed by atoms with Gasteiger partial charge in [0, 0.05) is 36.1 Å². The predicted molar refractivity (Wildman–Crippen MR) is 109 cm³/mol. The molecule has 9 heteroatoms. The lowest BCUT2D eigenvalue weighted by molar-refractivity contribution is 0.0698. The molecule has 1 fully saturated rings. The summed E-state index contributed by atoms with van der Waals surface area (Å²) in [5.41, 5.74) is 0.442. The zero-order chi connectivity index (χ0) is 19.6. The second-order valence-corrected chi connectivity index (χ2v) is 9.66. The van der Waals surface area contributed by atoms with Crippen LogP contribution in [0.5, 0.6) is 0 Å². The highest BCUT2D eigenvalue weighted by atomic mass is 35.5. The number of thioether (sulfide) groups is 1. The minimum Gasteiger partial charge on any atom is -0.336 e. The predicted octanol–water partition coefficient (Wildman–Crippen LogP) is 3.86. The summed E-state index contributed by atoms with van der Waals surface area (Å²) < 4.78 is 26.9. The second kappa shape index (κ2) is 8.41. The molecule has 0 N–H and O–H groups in total. The topological polar surface area (TPSA) is 57.7 Å². The van der Waals surface area contributed by atoms with Crippen LogP contribution in [-0.2, 0) is 10.0 Å². The Morgan fingerprint density at radius 2 is 1.63 bits per heavy atom. The molecule has 1 heterocycles. The van der Waals surface area contributed by atoms with Crippen LogP contribution in [0.4, 0.5) is 0 Å². The Balaban J connectivity index is 1.71. The normalized spacial score (nSPS) is 15.7. The highest BCUT2D eigenvalue weighted by Gasteiger charge is 2.31. The van der Waals surface area contributed by atoms with Crippen molar-refractivity contribution in [3.8, 4) is 0 Å². The summed E-state index contributed by atoms with van der Waals surface area (Å²) >= 11 is 13.5. The van der Waals surface area contributed by atoms with Crippen LogP contribution in [0.15, 0.2) is 52.3 Å². The van der Waals surface area contributed by atoms with Gasteiger partial charge < -0.3 is 4.90 Å². The first-order chi connectivity index (χ1) is 12.8. The molecule has 27 heavy (non-hydrogen) atoms. The van der Waals surface area contributed by atoms with E-state index in [0.29, 0.717) is 28.7 Å². The summed E-state index contributed by atoms with van der Waals surface area (Å²) in [5.74, 6) is -0.181. The first-order valence-electron chi connectivity index (χ1n) is 8.21. The zero-order valence-electron chi connectivity index (χ0n) is 14.6. The molecule has 1 aliphatic rings. The van der Waals surface area contributed by atoms with Gasteiger partial charge in [-0.05, 0) is 48.7 Å². The summed E-state index contributed by atoms with van der Waals surface area (Å²) in [6, 6.07) is 11.4. The summed E-state index contributed by atoms with van der Waals surface area (Å²) in [4.78, 5) is 15.6. The molecule has 5 nitrogen and oxygen atoms in total.